The molecule has 1 saturated heterocycles. The maximum absolute atomic E-state index is 11.9. The van der Waals surface area contributed by atoms with Crippen LogP contribution in [-0.4, -0.2) is 25.5 Å². The van der Waals surface area contributed by atoms with Crippen molar-refractivity contribution in [3.63, 3.8) is 0 Å². The number of quaternary nitrogens is 1. The summed E-state index contributed by atoms with van der Waals surface area (Å²) in [4.78, 5) is 13.3. The van der Waals surface area contributed by atoms with Crippen LogP contribution in [0.1, 0.15) is 25.3 Å². The third-order valence-electron chi connectivity index (χ3n) is 3.65. The van der Waals surface area contributed by atoms with Crippen molar-refractivity contribution in [3.8, 4) is 0 Å². The zero-order chi connectivity index (χ0) is 13.7. The van der Waals surface area contributed by atoms with Gasteiger partial charge >= 0.3 is 0 Å². The van der Waals surface area contributed by atoms with E-state index in [9.17, 15) is 4.79 Å². The van der Waals surface area contributed by atoms with Gasteiger partial charge in [0.2, 0.25) is 0 Å². The van der Waals surface area contributed by atoms with Gasteiger partial charge in [0.15, 0.2) is 6.54 Å². The molecular weight excluding hydrogens is 260 g/mol. The maximum Gasteiger partial charge on any atom is 0.275 e. The Kier molecular flexibility index (Phi) is 5.23. The normalized spacial score (nSPS) is 23.1. The van der Waals surface area contributed by atoms with Crippen LogP contribution in [0.3, 0.4) is 0 Å². The molecule has 1 aromatic rings. The molecule has 0 spiro atoms. The fraction of sp³-hybridized carbons (Fsp3) is 0.533. The molecule has 2 atom stereocenters. The van der Waals surface area contributed by atoms with E-state index in [1.165, 1.54) is 17.7 Å². The quantitative estimate of drug-likeness (QED) is 0.856. The van der Waals surface area contributed by atoms with Crippen LogP contribution in [0, 0.1) is 5.92 Å². The third-order valence-corrected chi connectivity index (χ3v) is 3.89. The van der Waals surface area contributed by atoms with Gasteiger partial charge in [-0.2, -0.15) is 0 Å². The molecule has 0 radical (unpaired) electrons. The number of hydrogen-bond donors (Lipinski definition) is 2. The van der Waals surface area contributed by atoms with Gasteiger partial charge in [-0.3, -0.25) is 4.79 Å². The zero-order valence-electron chi connectivity index (χ0n) is 11.4. The Morgan fingerprint density at radius 1 is 1.53 bits per heavy atom. The first-order chi connectivity index (χ1) is 9.13. The molecule has 0 aromatic heterocycles. The van der Waals surface area contributed by atoms with Gasteiger partial charge in [-0.05, 0) is 30.5 Å². The summed E-state index contributed by atoms with van der Waals surface area (Å²) in [6, 6.07) is 7.60. The van der Waals surface area contributed by atoms with E-state index in [2.05, 4.69) is 12.2 Å². The molecule has 2 N–H and O–H groups in total. The predicted molar refractivity (Wildman–Crippen MR) is 77.3 cm³/mol. The average Bonchev–Trinajstić information content (AvgIpc) is 2.36. The molecule has 0 aliphatic carbocycles. The highest BCUT2D eigenvalue weighted by molar-refractivity contribution is 6.30. The molecule has 0 saturated carbocycles. The Bertz CT molecular complexity index is 436. The highest BCUT2D eigenvalue weighted by Gasteiger charge is 2.21. The van der Waals surface area contributed by atoms with E-state index in [0.717, 1.165) is 24.6 Å². The van der Waals surface area contributed by atoms with E-state index in [-0.39, 0.29) is 5.91 Å². The molecule has 1 unspecified atom stereocenters. The molecule has 104 valence electrons. The van der Waals surface area contributed by atoms with E-state index in [1.54, 1.807) is 0 Å². The van der Waals surface area contributed by atoms with Crippen molar-refractivity contribution in [2.75, 3.05) is 19.6 Å². The first kappa shape index (κ1) is 14.4. The maximum atomic E-state index is 11.9. The van der Waals surface area contributed by atoms with Crippen LogP contribution >= 0.6 is 11.6 Å². The molecule has 1 aliphatic heterocycles. The van der Waals surface area contributed by atoms with Crippen molar-refractivity contribution in [1.82, 2.24) is 5.32 Å². The van der Waals surface area contributed by atoms with Crippen LogP contribution in [0.5, 0.6) is 0 Å². The number of rotatable bonds is 4. The van der Waals surface area contributed by atoms with Gasteiger partial charge in [-0.15, -0.1) is 0 Å². The van der Waals surface area contributed by atoms with Gasteiger partial charge in [0, 0.05) is 17.5 Å². The number of carbonyl (C=O) groups excluding carboxylic acids is 1. The summed E-state index contributed by atoms with van der Waals surface area (Å²) in [5.41, 5.74) is 1.04. The van der Waals surface area contributed by atoms with E-state index in [4.69, 9.17) is 11.6 Å². The summed E-state index contributed by atoms with van der Waals surface area (Å²) in [5, 5.41) is 3.68. The van der Waals surface area contributed by atoms with Crippen LogP contribution < -0.4 is 10.2 Å². The second kappa shape index (κ2) is 6.92. The second-order valence-corrected chi connectivity index (χ2v) is 5.97. The van der Waals surface area contributed by atoms with E-state index in [1.807, 2.05) is 24.3 Å². The molecule has 1 aliphatic rings. The third kappa shape index (κ3) is 4.84. The van der Waals surface area contributed by atoms with Crippen LogP contribution in [0.25, 0.3) is 0 Å². The minimum Gasteiger partial charge on any atom is -0.347 e. The first-order valence-corrected chi connectivity index (χ1v) is 7.36. The molecule has 1 fully saturated rings. The second-order valence-electron chi connectivity index (χ2n) is 5.53. The number of likely N-dealkylation sites (tertiary alicyclic amines) is 1. The van der Waals surface area contributed by atoms with E-state index in [0.29, 0.717) is 18.1 Å². The fourth-order valence-electron chi connectivity index (χ4n) is 2.70. The van der Waals surface area contributed by atoms with Crippen molar-refractivity contribution in [1.29, 1.82) is 0 Å². The van der Waals surface area contributed by atoms with Crippen LogP contribution in [0.2, 0.25) is 5.02 Å². The SMILES string of the molecule is C[C@@H]1CCC[NH+](CC(=O)NCc2cccc(Cl)c2)C1. The number of amides is 1. The number of halogens is 1. The van der Waals surface area contributed by atoms with Crippen molar-refractivity contribution in [3.05, 3.63) is 34.9 Å². The van der Waals surface area contributed by atoms with Gasteiger partial charge in [0.05, 0.1) is 13.1 Å². The summed E-state index contributed by atoms with van der Waals surface area (Å²) in [5.74, 6) is 0.869. The molecule has 2 rings (SSSR count). The summed E-state index contributed by atoms with van der Waals surface area (Å²) in [6.07, 6.45) is 2.53. The first-order valence-electron chi connectivity index (χ1n) is 6.98. The summed E-state index contributed by atoms with van der Waals surface area (Å²) in [6.45, 7) is 5.65. The summed E-state index contributed by atoms with van der Waals surface area (Å²) >= 11 is 5.91. The Labute approximate surface area is 119 Å². The monoisotopic (exact) mass is 281 g/mol. The minimum atomic E-state index is 0.129. The molecule has 4 heteroatoms. The zero-order valence-corrected chi connectivity index (χ0v) is 12.2. The largest absolute Gasteiger partial charge is 0.347 e. The number of hydrogen-bond acceptors (Lipinski definition) is 1. The molecule has 19 heavy (non-hydrogen) atoms. The van der Waals surface area contributed by atoms with Crippen LogP contribution in [-0.2, 0) is 11.3 Å². The lowest BCUT2D eigenvalue weighted by molar-refractivity contribution is -0.900. The average molecular weight is 282 g/mol. The number of benzene rings is 1. The predicted octanol–water partition coefficient (Wildman–Crippen LogP) is 1.27. The van der Waals surface area contributed by atoms with Gasteiger partial charge < -0.3 is 10.2 Å². The van der Waals surface area contributed by atoms with Gasteiger partial charge in [0.1, 0.15) is 0 Å². The standard InChI is InChI=1S/C15H21ClN2O/c1-12-4-3-7-18(10-12)11-15(19)17-9-13-5-2-6-14(16)8-13/h2,5-6,8,12H,3-4,7,9-11H2,1H3,(H,17,19)/p+1/t12-/m1/s1. The number of carbonyl (C=O) groups is 1. The smallest absolute Gasteiger partial charge is 0.275 e. The van der Waals surface area contributed by atoms with Gasteiger partial charge in [-0.25, -0.2) is 0 Å². The number of nitrogens with one attached hydrogen (secondary N) is 2. The van der Waals surface area contributed by atoms with Crippen molar-refractivity contribution < 1.29 is 9.69 Å². The summed E-state index contributed by atoms with van der Waals surface area (Å²) in [7, 11) is 0. The summed E-state index contributed by atoms with van der Waals surface area (Å²) < 4.78 is 0. The lowest BCUT2D eigenvalue weighted by atomic mass is 10.0. The van der Waals surface area contributed by atoms with Crippen molar-refractivity contribution in [2.24, 2.45) is 5.92 Å². The van der Waals surface area contributed by atoms with Crippen molar-refractivity contribution >= 4 is 17.5 Å². The molecule has 0 bridgehead atoms. The van der Waals surface area contributed by atoms with E-state index >= 15 is 0 Å². The topological polar surface area (TPSA) is 33.5 Å². The van der Waals surface area contributed by atoms with Crippen LogP contribution in [0.15, 0.2) is 24.3 Å². The Morgan fingerprint density at radius 2 is 2.37 bits per heavy atom. The Hall–Kier alpha value is -1.06. The van der Waals surface area contributed by atoms with Gasteiger partial charge in [-0.1, -0.05) is 30.7 Å². The van der Waals surface area contributed by atoms with Crippen molar-refractivity contribution in [2.45, 2.75) is 26.3 Å². The molecule has 1 aromatic carbocycles. The highest BCUT2D eigenvalue weighted by atomic mass is 35.5. The molecule has 1 heterocycles. The highest BCUT2D eigenvalue weighted by Crippen LogP contribution is 2.10. The lowest BCUT2D eigenvalue weighted by Crippen LogP contribution is -3.14. The Morgan fingerprint density at radius 3 is 3.11 bits per heavy atom. The number of piperidine rings is 1. The molecule has 3 nitrogen and oxygen atoms in total. The minimum absolute atomic E-state index is 0.129. The molecule has 1 amide bonds. The molecular formula is C15H22ClN2O+. The van der Waals surface area contributed by atoms with Gasteiger partial charge in [0.25, 0.3) is 5.91 Å². The van der Waals surface area contributed by atoms with E-state index < -0.39 is 0 Å². The fourth-order valence-corrected chi connectivity index (χ4v) is 2.91. The Balaban J connectivity index is 1.75. The lowest BCUT2D eigenvalue weighted by Gasteiger charge is -2.27. The van der Waals surface area contributed by atoms with Crippen LogP contribution in [0.4, 0.5) is 0 Å².